The van der Waals surface area contributed by atoms with Crippen LogP contribution >= 0.6 is 0 Å². The molecule has 1 unspecified atom stereocenters. The molecule has 25 heavy (non-hydrogen) atoms. The highest BCUT2D eigenvalue weighted by atomic mass is 16.7. The van der Waals surface area contributed by atoms with Gasteiger partial charge in [-0.3, -0.25) is 0 Å². The van der Waals surface area contributed by atoms with E-state index in [0.717, 1.165) is 25.2 Å². The van der Waals surface area contributed by atoms with Gasteiger partial charge in [0.1, 0.15) is 19.0 Å². The first-order valence-electron chi connectivity index (χ1n) is 8.64. The summed E-state index contributed by atoms with van der Waals surface area (Å²) in [6.45, 7) is 3.62. The fourth-order valence-corrected chi connectivity index (χ4v) is 2.17. The van der Waals surface area contributed by atoms with Crippen molar-refractivity contribution in [3.8, 4) is 41.3 Å². The van der Waals surface area contributed by atoms with Crippen molar-refractivity contribution in [3.05, 3.63) is 29.8 Å². The molecule has 1 atom stereocenters. The number of aryl methyl sites for hydroxylation is 1. The van der Waals surface area contributed by atoms with E-state index in [1.807, 2.05) is 31.2 Å². The fourth-order valence-electron chi connectivity index (χ4n) is 2.17. The second-order valence-electron chi connectivity index (χ2n) is 5.62. The fraction of sp³-hybridized carbons (Fsp3) is 0.455. The zero-order valence-electron chi connectivity index (χ0n) is 14.8. The molecule has 1 fully saturated rings. The average Bonchev–Trinajstić information content (AvgIpc) is 2.65. The molecule has 0 N–H and O–H groups in total. The molecule has 0 radical (unpaired) electrons. The van der Waals surface area contributed by atoms with Crippen molar-refractivity contribution in [2.75, 3.05) is 19.8 Å². The average molecular weight is 336 g/mol. The number of hydrogen-bond acceptors (Lipinski definition) is 3. The Labute approximate surface area is 151 Å². The molecule has 1 aliphatic rings. The molecular weight excluding hydrogens is 312 g/mol. The van der Waals surface area contributed by atoms with E-state index >= 15 is 0 Å². The summed E-state index contributed by atoms with van der Waals surface area (Å²) in [5.74, 6) is 18.7. The van der Waals surface area contributed by atoms with Crippen LogP contribution in [0.1, 0.15) is 37.7 Å². The van der Waals surface area contributed by atoms with Crippen LogP contribution in [0.4, 0.5) is 0 Å². The highest BCUT2D eigenvalue weighted by Crippen LogP contribution is 2.13. The quantitative estimate of drug-likeness (QED) is 0.785. The van der Waals surface area contributed by atoms with E-state index in [4.69, 9.17) is 14.2 Å². The summed E-state index contributed by atoms with van der Waals surface area (Å²) < 4.78 is 16.5. The van der Waals surface area contributed by atoms with Crippen LogP contribution in [0.3, 0.4) is 0 Å². The van der Waals surface area contributed by atoms with E-state index in [1.165, 1.54) is 12.0 Å². The summed E-state index contributed by atoms with van der Waals surface area (Å²) in [5.41, 5.74) is 1.21. The van der Waals surface area contributed by atoms with Crippen LogP contribution in [0.15, 0.2) is 24.3 Å². The first kappa shape index (κ1) is 19.0. The normalized spacial score (nSPS) is 15.6. The van der Waals surface area contributed by atoms with E-state index in [1.54, 1.807) is 0 Å². The lowest BCUT2D eigenvalue weighted by Gasteiger charge is -2.21. The predicted octanol–water partition coefficient (Wildman–Crippen LogP) is 3.71. The van der Waals surface area contributed by atoms with Crippen LogP contribution < -0.4 is 4.74 Å². The molecule has 0 saturated carbocycles. The topological polar surface area (TPSA) is 27.7 Å². The Morgan fingerprint density at radius 3 is 2.28 bits per heavy atom. The van der Waals surface area contributed by atoms with Crippen LogP contribution in [-0.2, 0) is 9.47 Å². The lowest BCUT2D eigenvalue weighted by Crippen LogP contribution is -2.22. The zero-order chi connectivity index (χ0) is 17.6. The number of hydrogen-bond donors (Lipinski definition) is 0. The van der Waals surface area contributed by atoms with Gasteiger partial charge in [0.15, 0.2) is 6.29 Å². The summed E-state index contributed by atoms with van der Waals surface area (Å²) in [6, 6.07) is 7.92. The molecule has 130 valence electrons. The minimum absolute atomic E-state index is 0.0773. The Morgan fingerprint density at radius 2 is 1.60 bits per heavy atom. The first-order chi connectivity index (χ1) is 12.3. The number of ether oxygens (including phenoxy) is 3. The lowest BCUT2D eigenvalue weighted by molar-refractivity contribution is -0.154. The monoisotopic (exact) mass is 336 g/mol. The lowest BCUT2D eigenvalue weighted by atomic mass is 10.2. The molecule has 3 nitrogen and oxygen atoms in total. The van der Waals surface area contributed by atoms with Crippen molar-refractivity contribution in [1.82, 2.24) is 0 Å². The van der Waals surface area contributed by atoms with Gasteiger partial charge in [-0.15, -0.1) is 0 Å². The SMILES string of the molecule is Cc1ccc(OCC#CCC#CCC#CCOC2CCCCO2)cc1. The Kier molecular flexibility index (Phi) is 9.13. The molecule has 0 bridgehead atoms. The first-order valence-corrected chi connectivity index (χ1v) is 8.64. The molecule has 3 heteroatoms. The Hall–Kier alpha value is -2.38. The second kappa shape index (κ2) is 12.0. The van der Waals surface area contributed by atoms with Gasteiger partial charge in [0, 0.05) is 6.61 Å². The summed E-state index contributed by atoms with van der Waals surface area (Å²) in [6.07, 6.45) is 4.25. The van der Waals surface area contributed by atoms with Crippen LogP contribution in [0.2, 0.25) is 0 Å². The molecule has 0 spiro atoms. The van der Waals surface area contributed by atoms with E-state index in [9.17, 15) is 0 Å². The third kappa shape index (κ3) is 8.88. The molecule has 0 aliphatic carbocycles. The van der Waals surface area contributed by atoms with E-state index < -0.39 is 0 Å². The zero-order valence-corrected chi connectivity index (χ0v) is 14.8. The van der Waals surface area contributed by atoms with Gasteiger partial charge in [0.05, 0.1) is 12.8 Å². The maximum atomic E-state index is 5.52. The highest BCUT2D eigenvalue weighted by molar-refractivity contribution is 5.26. The minimum atomic E-state index is -0.0773. The third-order valence-electron chi connectivity index (χ3n) is 3.54. The van der Waals surface area contributed by atoms with Crippen LogP contribution in [-0.4, -0.2) is 26.1 Å². The molecule has 0 amide bonds. The van der Waals surface area contributed by atoms with Crippen molar-refractivity contribution in [1.29, 1.82) is 0 Å². The maximum absolute atomic E-state index is 5.52. The van der Waals surface area contributed by atoms with E-state index in [2.05, 4.69) is 35.5 Å². The van der Waals surface area contributed by atoms with E-state index in [-0.39, 0.29) is 6.29 Å². The Balaban J connectivity index is 1.51. The van der Waals surface area contributed by atoms with E-state index in [0.29, 0.717) is 26.1 Å². The summed E-state index contributed by atoms with van der Waals surface area (Å²) >= 11 is 0. The van der Waals surface area contributed by atoms with Crippen LogP contribution in [0, 0.1) is 42.4 Å². The minimum Gasteiger partial charge on any atom is -0.481 e. The number of rotatable bonds is 4. The molecule has 1 aliphatic heterocycles. The standard InChI is InChI=1S/C22H24O3/c1-20-13-15-21(16-14-20)23-17-9-6-4-2-3-5-7-10-18-24-22-12-8-11-19-25-22/h13-16,22H,4-5,8,11-12,17-19H2,1H3. The molecular formula is C22H24O3. The summed E-state index contributed by atoms with van der Waals surface area (Å²) in [4.78, 5) is 0. The van der Waals surface area contributed by atoms with Crippen LogP contribution in [0.5, 0.6) is 5.75 Å². The van der Waals surface area contributed by atoms with Crippen molar-refractivity contribution < 1.29 is 14.2 Å². The number of benzene rings is 1. The van der Waals surface area contributed by atoms with Gasteiger partial charge in [-0.1, -0.05) is 53.2 Å². The van der Waals surface area contributed by atoms with Crippen LogP contribution in [0.25, 0.3) is 0 Å². The molecule has 1 aromatic carbocycles. The third-order valence-corrected chi connectivity index (χ3v) is 3.54. The van der Waals surface area contributed by atoms with Crippen molar-refractivity contribution in [2.24, 2.45) is 0 Å². The predicted molar refractivity (Wildman–Crippen MR) is 98.8 cm³/mol. The van der Waals surface area contributed by atoms with Gasteiger partial charge < -0.3 is 14.2 Å². The highest BCUT2D eigenvalue weighted by Gasteiger charge is 2.12. The van der Waals surface area contributed by atoms with Gasteiger partial charge in [-0.2, -0.15) is 0 Å². The summed E-state index contributed by atoms with van der Waals surface area (Å²) in [7, 11) is 0. The second-order valence-corrected chi connectivity index (χ2v) is 5.62. The maximum Gasteiger partial charge on any atom is 0.158 e. The smallest absolute Gasteiger partial charge is 0.158 e. The molecule has 1 heterocycles. The van der Waals surface area contributed by atoms with Gasteiger partial charge in [0.25, 0.3) is 0 Å². The van der Waals surface area contributed by atoms with Crippen molar-refractivity contribution in [2.45, 2.75) is 45.3 Å². The Morgan fingerprint density at radius 1 is 0.920 bits per heavy atom. The Bertz CT molecular complexity index is 680. The van der Waals surface area contributed by atoms with Gasteiger partial charge >= 0.3 is 0 Å². The van der Waals surface area contributed by atoms with Crippen molar-refractivity contribution in [3.63, 3.8) is 0 Å². The largest absolute Gasteiger partial charge is 0.481 e. The molecule has 1 aromatic rings. The molecule has 1 saturated heterocycles. The molecule has 2 rings (SSSR count). The van der Waals surface area contributed by atoms with Crippen molar-refractivity contribution >= 4 is 0 Å². The van der Waals surface area contributed by atoms with Gasteiger partial charge in [-0.05, 0) is 38.3 Å². The van der Waals surface area contributed by atoms with Gasteiger partial charge in [0.2, 0.25) is 0 Å². The summed E-state index contributed by atoms with van der Waals surface area (Å²) in [5, 5.41) is 0. The van der Waals surface area contributed by atoms with Gasteiger partial charge in [-0.25, -0.2) is 0 Å². The molecule has 0 aromatic heterocycles.